The zero-order chi connectivity index (χ0) is 17.6. The van der Waals surface area contributed by atoms with Crippen molar-refractivity contribution in [3.63, 3.8) is 0 Å². The van der Waals surface area contributed by atoms with Gasteiger partial charge in [-0.3, -0.25) is 0 Å². The summed E-state index contributed by atoms with van der Waals surface area (Å²) in [5, 5.41) is 6.91. The Morgan fingerprint density at radius 1 is 1.38 bits per heavy atom. The maximum Gasteiger partial charge on any atom is 0.410 e. The number of hydrogen-bond acceptors (Lipinski definition) is 5. The molecule has 0 spiro atoms. The molecule has 2 heterocycles. The number of carbonyl (C=O) groups is 1. The second-order valence-electron chi connectivity index (χ2n) is 7.21. The molecule has 24 heavy (non-hydrogen) atoms. The van der Waals surface area contributed by atoms with E-state index >= 15 is 0 Å². The molecule has 0 aromatic carbocycles. The van der Waals surface area contributed by atoms with Crippen LogP contribution in [0.25, 0.3) is 0 Å². The van der Waals surface area contributed by atoms with Gasteiger partial charge in [0.2, 0.25) is 0 Å². The molecule has 1 aliphatic rings. The largest absolute Gasteiger partial charge is 0.444 e. The number of carbonyl (C=O) groups excluding carboxylic acids is 1. The fourth-order valence-electron chi connectivity index (χ4n) is 2.66. The first-order valence-corrected chi connectivity index (χ1v) is 8.82. The van der Waals surface area contributed by atoms with Crippen LogP contribution in [0.5, 0.6) is 0 Å². The number of pyridine rings is 1. The number of likely N-dealkylation sites (tertiary alicyclic amines) is 1. The van der Waals surface area contributed by atoms with Crippen LogP contribution < -0.4 is 10.6 Å². The number of nitrogens with zero attached hydrogens (tertiary/aromatic N) is 2. The third kappa shape index (κ3) is 5.58. The maximum absolute atomic E-state index is 12.1. The third-order valence-electron chi connectivity index (χ3n) is 3.86. The zero-order valence-electron chi connectivity index (χ0n) is 15.3. The van der Waals surface area contributed by atoms with Crippen LogP contribution in [0.3, 0.4) is 0 Å². The normalized spacial score (nSPS) is 15.9. The van der Waals surface area contributed by atoms with Gasteiger partial charge in [0, 0.05) is 31.9 Å². The van der Waals surface area contributed by atoms with Gasteiger partial charge >= 0.3 is 6.09 Å². The van der Waals surface area contributed by atoms with Crippen LogP contribution in [0.2, 0.25) is 0 Å². The standard InChI is InChI=1S/C18H30N4O2/c1-5-10-19-16-15(7-6-11-20-16)21-14-8-12-22(13-9-14)17(23)24-18(2,3)4/h6-7,11,14,21H,5,8-10,12-13H2,1-4H3,(H,19,20). The van der Waals surface area contributed by atoms with E-state index in [1.807, 2.05) is 32.9 Å². The molecular formula is C18H30N4O2. The first kappa shape index (κ1) is 18.4. The van der Waals surface area contributed by atoms with Crippen molar-refractivity contribution in [3.05, 3.63) is 18.3 Å². The molecule has 0 aliphatic carbocycles. The van der Waals surface area contributed by atoms with Crippen LogP contribution in [-0.2, 0) is 4.74 Å². The summed E-state index contributed by atoms with van der Waals surface area (Å²) >= 11 is 0. The van der Waals surface area contributed by atoms with Gasteiger partial charge in [-0.15, -0.1) is 0 Å². The number of piperidine rings is 1. The molecule has 1 aliphatic heterocycles. The minimum absolute atomic E-state index is 0.215. The number of aromatic nitrogens is 1. The van der Waals surface area contributed by atoms with Gasteiger partial charge in [0.1, 0.15) is 11.4 Å². The van der Waals surface area contributed by atoms with E-state index in [1.165, 1.54) is 0 Å². The molecule has 0 bridgehead atoms. The van der Waals surface area contributed by atoms with Crippen molar-refractivity contribution in [3.8, 4) is 0 Å². The molecule has 0 saturated carbocycles. The molecule has 0 unspecified atom stereocenters. The average Bonchev–Trinajstić information content (AvgIpc) is 2.53. The van der Waals surface area contributed by atoms with Crippen LogP contribution in [0, 0.1) is 0 Å². The first-order chi connectivity index (χ1) is 11.4. The van der Waals surface area contributed by atoms with Gasteiger partial charge in [-0.05, 0) is 52.2 Å². The van der Waals surface area contributed by atoms with Crippen molar-refractivity contribution in [2.75, 3.05) is 30.3 Å². The van der Waals surface area contributed by atoms with Crippen molar-refractivity contribution in [1.82, 2.24) is 9.88 Å². The maximum atomic E-state index is 12.1. The Labute approximate surface area is 145 Å². The molecule has 2 rings (SSSR count). The quantitative estimate of drug-likeness (QED) is 0.859. The van der Waals surface area contributed by atoms with E-state index in [9.17, 15) is 4.79 Å². The Bertz CT molecular complexity index is 534. The zero-order valence-corrected chi connectivity index (χ0v) is 15.3. The molecule has 1 aromatic heterocycles. The summed E-state index contributed by atoms with van der Waals surface area (Å²) < 4.78 is 5.44. The van der Waals surface area contributed by atoms with Gasteiger partial charge in [-0.1, -0.05) is 6.92 Å². The number of anilines is 2. The lowest BCUT2D eigenvalue weighted by Gasteiger charge is -2.34. The van der Waals surface area contributed by atoms with Crippen LogP contribution in [0.4, 0.5) is 16.3 Å². The Kier molecular flexibility index (Phi) is 6.29. The van der Waals surface area contributed by atoms with Crippen molar-refractivity contribution in [1.29, 1.82) is 0 Å². The van der Waals surface area contributed by atoms with Gasteiger partial charge in [0.05, 0.1) is 5.69 Å². The van der Waals surface area contributed by atoms with E-state index in [0.717, 1.165) is 37.3 Å². The number of rotatable bonds is 5. The second kappa shape index (κ2) is 8.22. The Balaban J connectivity index is 1.86. The molecule has 1 saturated heterocycles. The molecule has 1 fully saturated rings. The predicted molar refractivity (Wildman–Crippen MR) is 97.5 cm³/mol. The molecule has 134 valence electrons. The summed E-state index contributed by atoms with van der Waals surface area (Å²) in [7, 11) is 0. The van der Waals surface area contributed by atoms with E-state index in [-0.39, 0.29) is 6.09 Å². The predicted octanol–water partition coefficient (Wildman–Crippen LogP) is 3.71. The number of nitrogens with one attached hydrogen (secondary N) is 2. The molecule has 0 radical (unpaired) electrons. The summed E-state index contributed by atoms with van der Waals surface area (Å²) in [6.07, 6.45) is 4.45. The SMILES string of the molecule is CCCNc1ncccc1NC1CCN(C(=O)OC(C)(C)C)CC1. The summed E-state index contributed by atoms with van der Waals surface area (Å²) in [4.78, 5) is 18.3. The summed E-state index contributed by atoms with van der Waals surface area (Å²) in [5.41, 5.74) is 0.587. The summed E-state index contributed by atoms with van der Waals surface area (Å²) in [6.45, 7) is 10.2. The van der Waals surface area contributed by atoms with Crippen molar-refractivity contribution in [2.45, 2.75) is 58.6 Å². The highest BCUT2D eigenvalue weighted by atomic mass is 16.6. The van der Waals surface area contributed by atoms with Crippen LogP contribution in [-0.4, -0.2) is 47.3 Å². The van der Waals surface area contributed by atoms with Crippen LogP contribution in [0.15, 0.2) is 18.3 Å². The van der Waals surface area contributed by atoms with Crippen molar-refractivity contribution in [2.24, 2.45) is 0 Å². The van der Waals surface area contributed by atoms with Gasteiger partial charge in [-0.2, -0.15) is 0 Å². The lowest BCUT2D eigenvalue weighted by Crippen LogP contribution is -2.44. The fourth-order valence-corrected chi connectivity index (χ4v) is 2.66. The van der Waals surface area contributed by atoms with Crippen molar-refractivity contribution >= 4 is 17.6 Å². The first-order valence-electron chi connectivity index (χ1n) is 8.82. The molecule has 6 heteroatoms. The summed E-state index contributed by atoms with van der Waals surface area (Å²) in [6, 6.07) is 4.33. The second-order valence-corrected chi connectivity index (χ2v) is 7.21. The molecule has 2 N–H and O–H groups in total. The van der Waals surface area contributed by atoms with Gasteiger partial charge in [0.25, 0.3) is 0 Å². The van der Waals surface area contributed by atoms with Gasteiger partial charge in [0.15, 0.2) is 0 Å². The highest BCUT2D eigenvalue weighted by molar-refractivity contribution is 5.68. The van der Waals surface area contributed by atoms with Crippen LogP contribution in [0.1, 0.15) is 47.0 Å². The lowest BCUT2D eigenvalue weighted by atomic mass is 10.1. The van der Waals surface area contributed by atoms with E-state index in [2.05, 4.69) is 22.5 Å². The molecule has 0 atom stereocenters. The Morgan fingerprint density at radius 3 is 2.71 bits per heavy atom. The molecule has 1 aromatic rings. The Morgan fingerprint density at radius 2 is 2.08 bits per heavy atom. The fraction of sp³-hybridized carbons (Fsp3) is 0.667. The van der Waals surface area contributed by atoms with Gasteiger partial charge in [-0.25, -0.2) is 9.78 Å². The Hall–Kier alpha value is -1.98. The van der Waals surface area contributed by atoms with E-state index in [0.29, 0.717) is 19.1 Å². The van der Waals surface area contributed by atoms with Crippen LogP contribution >= 0.6 is 0 Å². The molecular weight excluding hydrogens is 304 g/mol. The summed E-state index contributed by atoms with van der Waals surface area (Å²) in [5.74, 6) is 0.897. The van der Waals surface area contributed by atoms with Gasteiger partial charge < -0.3 is 20.3 Å². The number of ether oxygens (including phenoxy) is 1. The van der Waals surface area contributed by atoms with E-state index in [1.54, 1.807) is 11.1 Å². The smallest absolute Gasteiger partial charge is 0.410 e. The number of amides is 1. The average molecular weight is 334 g/mol. The topological polar surface area (TPSA) is 66.5 Å². The minimum Gasteiger partial charge on any atom is -0.444 e. The minimum atomic E-state index is -0.443. The van der Waals surface area contributed by atoms with E-state index < -0.39 is 5.60 Å². The molecule has 1 amide bonds. The lowest BCUT2D eigenvalue weighted by molar-refractivity contribution is 0.0210. The molecule has 6 nitrogen and oxygen atoms in total. The highest BCUT2D eigenvalue weighted by Gasteiger charge is 2.27. The highest BCUT2D eigenvalue weighted by Crippen LogP contribution is 2.23. The van der Waals surface area contributed by atoms with E-state index in [4.69, 9.17) is 4.74 Å². The third-order valence-corrected chi connectivity index (χ3v) is 3.86. The van der Waals surface area contributed by atoms with Crippen molar-refractivity contribution < 1.29 is 9.53 Å². The monoisotopic (exact) mass is 334 g/mol. The number of hydrogen-bond donors (Lipinski definition) is 2.